The Hall–Kier alpha value is -1.65. The second kappa shape index (κ2) is 5.80. The molecule has 0 aliphatic carbocycles. The fraction of sp³-hybridized carbons (Fsp3) is 0.615. The molecule has 2 rings (SSSR count). The van der Waals surface area contributed by atoms with E-state index in [4.69, 9.17) is 4.52 Å². The summed E-state index contributed by atoms with van der Waals surface area (Å²) >= 11 is 0. The summed E-state index contributed by atoms with van der Waals surface area (Å²) in [7, 11) is 0. The second-order valence-corrected chi connectivity index (χ2v) is 4.78. The van der Waals surface area contributed by atoms with Gasteiger partial charge < -0.3 is 9.09 Å². The molecule has 2 heterocycles. The summed E-state index contributed by atoms with van der Waals surface area (Å²) in [6.07, 6.45) is 6.86. The van der Waals surface area contributed by atoms with Gasteiger partial charge in [0.2, 0.25) is 5.89 Å². The molecule has 0 saturated heterocycles. The molecule has 5 nitrogen and oxygen atoms in total. The predicted octanol–water partition coefficient (Wildman–Crippen LogP) is 2.78. The maximum absolute atomic E-state index is 5.22. The minimum Gasteiger partial charge on any atom is -0.339 e. The van der Waals surface area contributed by atoms with Crippen molar-refractivity contribution in [2.75, 3.05) is 0 Å². The molecule has 0 atom stereocenters. The van der Waals surface area contributed by atoms with Gasteiger partial charge in [-0.05, 0) is 6.42 Å². The van der Waals surface area contributed by atoms with E-state index in [-0.39, 0.29) is 0 Å². The van der Waals surface area contributed by atoms with Crippen LogP contribution >= 0.6 is 0 Å². The van der Waals surface area contributed by atoms with E-state index in [0.717, 1.165) is 36.8 Å². The van der Waals surface area contributed by atoms with Gasteiger partial charge in [0.25, 0.3) is 0 Å². The Morgan fingerprint density at radius 2 is 2.22 bits per heavy atom. The summed E-state index contributed by atoms with van der Waals surface area (Å²) in [5, 5.41) is 4.01. The number of hydrogen-bond acceptors (Lipinski definition) is 4. The molecule has 0 fully saturated rings. The van der Waals surface area contributed by atoms with E-state index in [9.17, 15) is 0 Å². The van der Waals surface area contributed by atoms with E-state index in [1.54, 1.807) is 0 Å². The number of nitrogens with zero attached hydrogens (tertiary/aromatic N) is 4. The second-order valence-electron chi connectivity index (χ2n) is 4.78. The number of rotatable bonds is 6. The average molecular weight is 248 g/mol. The molecule has 0 N–H and O–H groups in total. The van der Waals surface area contributed by atoms with Gasteiger partial charge in [0.1, 0.15) is 5.82 Å². The van der Waals surface area contributed by atoms with Crippen molar-refractivity contribution < 1.29 is 4.52 Å². The zero-order valence-electron chi connectivity index (χ0n) is 11.3. The van der Waals surface area contributed by atoms with Crippen molar-refractivity contribution in [1.82, 2.24) is 19.7 Å². The lowest BCUT2D eigenvalue weighted by molar-refractivity contribution is 0.368. The first-order valence-electron chi connectivity index (χ1n) is 6.53. The summed E-state index contributed by atoms with van der Waals surface area (Å²) in [4.78, 5) is 8.74. The monoisotopic (exact) mass is 248 g/mol. The molecule has 98 valence electrons. The zero-order chi connectivity index (χ0) is 13.0. The first kappa shape index (κ1) is 12.8. The number of unbranched alkanes of at least 4 members (excludes halogenated alkanes) is 1. The van der Waals surface area contributed by atoms with Gasteiger partial charge >= 0.3 is 0 Å². The maximum atomic E-state index is 5.22. The van der Waals surface area contributed by atoms with Crippen LogP contribution in [0, 0.1) is 0 Å². The van der Waals surface area contributed by atoms with Crippen molar-refractivity contribution in [2.45, 2.75) is 52.5 Å². The smallest absolute Gasteiger partial charge is 0.226 e. The quantitative estimate of drug-likeness (QED) is 0.788. The first-order chi connectivity index (χ1) is 8.70. The van der Waals surface area contributed by atoms with E-state index in [1.165, 1.54) is 0 Å². The molecular weight excluding hydrogens is 228 g/mol. The van der Waals surface area contributed by atoms with Crippen molar-refractivity contribution in [3.05, 3.63) is 29.9 Å². The van der Waals surface area contributed by atoms with E-state index in [2.05, 4.69) is 40.5 Å². The maximum Gasteiger partial charge on any atom is 0.226 e. The lowest BCUT2D eigenvalue weighted by atomic mass is 10.2. The summed E-state index contributed by atoms with van der Waals surface area (Å²) in [5.74, 6) is 2.90. The van der Waals surface area contributed by atoms with Crippen molar-refractivity contribution >= 4 is 0 Å². The molecule has 0 amide bonds. The van der Waals surface area contributed by atoms with Gasteiger partial charge in [-0.1, -0.05) is 32.3 Å². The van der Waals surface area contributed by atoms with Gasteiger partial charge in [0.05, 0.1) is 6.54 Å². The molecule has 0 radical (unpaired) electrons. The van der Waals surface area contributed by atoms with Gasteiger partial charge in [0, 0.05) is 24.7 Å². The largest absolute Gasteiger partial charge is 0.339 e. The van der Waals surface area contributed by atoms with Crippen LogP contribution in [0.3, 0.4) is 0 Å². The molecule has 18 heavy (non-hydrogen) atoms. The minimum absolute atomic E-state index is 0.395. The third-order valence-corrected chi connectivity index (χ3v) is 2.83. The van der Waals surface area contributed by atoms with Gasteiger partial charge in [-0.15, -0.1) is 0 Å². The Bertz CT molecular complexity index is 487. The Morgan fingerprint density at radius 1 is 1.39 bits per heavy atom. The zero-order valence-corrected chi connectivity index (χ0v) is 11.3. The van der Waals surface area contributed by atoms with Crippen LogP contribution in [0.4, 0.5) is 0 Å². The Balaban J connectivity index is 2.04. The number of aromatic nitrogens is 4. The van der Waals surface area contributed by atoms with E-state index in [0.29, 0.717) is 12.5 Å². The molecule has 2 aromatic rings. The molecule has 0 spiro atoms. The topological polar surface area (TPSA) is 56.7 Å². The van der Waals surface area contributed by atoms with Crippen LogP contribution in [0.2, 0.25) is 0 Å². The highest BCUT2D eigenvalue weighted by atomic mass is 16.5. The van der Waals surface area contributed by atoms with Gasteiger partial charge in [-0.2, -0.15) is 4.98 Å². The third-order valence-electron chi connectivity index (χ3n) is 2.83. The molecule has 0 aromatic carbocycles. The summed E-state index contributed by atoms with van der Waals surface area (Å²) < 4.78 is 7.29. The average Bonchev–Trinajstić information content (AvgIpc) is 2.96. The normalized spacial score (nSPS) is 11.3. The summed E-state index contributed by atoms with van der Waals surface area (Å²) in [6.45, 7) is 7.03. The van der Waals surface area contributed by atoms with Crippen molar-refractivity contribution in [1.29, 1.82) is 0 Å². The fourth-order valence-electron chi connectivity index (χ4n) is 1.89. The highest BCUT2D eigenvalue weighted by Gasteiger charge is 2.11. The third kappa shape index (κ3) is 2.97. The van der Waals surface area contributed by atoms with Crippen LogP contribution in [-0.4, -0.2) is 19.7 Å². The SMILES string of the molecule is CCCCc1nc(Cn2ccnc2C(C)C)no1. The first-order valence-corrected chi connectivity index (χ1v) is 6.53. The Kier molecular flexibility index (Phi) is 4.12. The van der Waals surface area contributed by atoms with Gasteiger partial charge in [-0.3, -0.25) is 0 Å². The highest BCUT2D eigenvalue weighted by molar-refractivity contribution is 5.00. The van der Waals surface area contributed by atoms with Crippen LogP contribution in [-0.2, 0) is 13.0 Å². The lowest BCUT2D eigenvalue weighted by Crippen LogP contribution is -2.07. The standard InChI is InChI=1S/C13H20N4O/c1-4-5-6-12-15-11(16-18-12)9-17-8-7-14-13(17)10(2)3/h7-8,10H,4-6,9H2,1-3H3. The Morgan fingerprint density at radius 3 is 2.94 bits per heavy atom. The highest BCUT2D eigenvalue weighted by Crippen LogP contribution is 2.13. The van der Waals surface area contributed by atoms with E-state index < -0.39 is 0 Å². The van der Waals surface area contributed by atoms with Crippen molar-refractivity contribution in [2.24, 2.45) is 0 Å². The molecule has 2 aromatic heterocycles. The molecule has 0 bridgehead atoms. The van der Waals surface area contributed by atoms with E-state index >= 15 is 0 Å². The summed E-state index contributed by atoms with van der Waals surface area (Å²) in [6, 6.07) is 0. The lowest BCUT2D eigenvalue weighted by Gasteiger charge is -2.07. The molecular formula is C13H20N4O. The number of aryl methyl sites for hydroxylation is 1. The van der Waals surface area contributed by atoms with Crippen LogP contribution in [0.1, 0.15) is 57.1 Å². The van der Waals surface area contributed by atoms with Crippen LogP contribution in [0.25, 0.3) is 0 Å². The van der Waals surface area contributed by atoms with Crippen LogP contribution < -0.4 is 0 Å². The summed E-state index contributed by atoms with van der Waals surface area (Å²) in [5.41, 5.74) is 0. The Labute approximate surface area is 107 Å². The van der Waals surface area contributed by atoms with Gasteiger partial charge in [-0.25, -0.2) is 4.98 Å². The van der Waals surface area contributed by atoms with Gasteiger partial charge in [0.15, 0.2) is 5.82 Å². The molecule has 5 heteroatoms. The van der Waals surface area contributed by atoms with Crippen LogP contribution in [0.15, 0.2) is 16.9 Å². The molecule has 0 aliphatic heterocycles. The minimum atomic E-state index is 0.395. The van der Waals surface area contributed by atoms with Crippen molar-refractivity contribution in [3.8, 4) is 0 Å². The molecule has 0 saturated carbocycles. The predicted molar refractivity (Wildman–Crippen MR) is 68.3 cm³/mol. The number of hydrogen-bond donors (Lipinski definition) is 0. The van der Waals surface area contributed by atoms with Crippen LogP contribution in [0.5, 0.6) is 0 Å². The number of imidazole rings is 1. The molecule has 0 aliphatic rings. The van der Waals surface area contributed by atoms with E-state index in [1.807, 2.05) is 12.4 Å². The molecule has 0 unspecified atom stereocenters. The van der Waals surface area contributed by atoms with Crippen molar-refractivity contribution in [3.63, 3.8) is 0 Å². The fourth-order valence-corrected chi connectivity index (χ4v) is 1.89.